The molecule has 0 spiro atoms. The number of halogens is 4. The van der Waals surface area contributed by atoms with Crippen molar-refractivity contribution < 1.29 is 8.42 Å². The molecule has 196 valence electrons. The summed E-state index contributed by atoms with van der Waals surface area (Å²) in [6.45, 7) is 5.21. The number of alkyl halides is 2. The van der Waals surface area contributed by atoms with E-state index in [0.717, 1.165) is 64.0 Å². The van der Waals surface area contributed by atoms with Crippen LogP contribution in [0.15, 0.2) is 53.7 Å². The first-order chi connectivity index (χ1) is 15.9. The molecule has 2 aliphatic rings. The predicted molar refractivity (Wildman–Crippen MR) is 149 cm³/mol. The zero-order chi connectivity index (χ0) is 23.3. The molecular weight excluding hydrogens is 550 g/mol. The Labute approximate surface area is 231 Å². The Hall–Kier alpha value is -0.800. The van der Waals surface area contributed by atoms with Crippen LogP contribution >= 0.6 is 48.0 Å². The number of sulfonamides is 1. The summed E-state index contributed by atoms with van der Waals surface area (Å²) in [6.07, 6.45) is 8.11. The van der Waals surface area contributed by atoms with Crippen molar-refractivity contribution in [1.82, 2.24) is 14.6 Å². The van der Waals surface area contributed by atoms with Gasteiger partial charge in [-0.3, -0.25) is 9.88 Å². The van der Waals surface area contributed by atoms with Gasteiger partial charge in [-0.15, -0.1) is 48.0 Å². The third kappa shape index (κ3) is 8.63. The molecule has 1 aromatic heterocycles. The molecule has 0 amide bonds. The topological polar surface area (TPSA) is 65.5 Å². The van der Waals surface area contributed by atoms with E-state index in [0.29, 0.717) is 5.92 Å². The van der Waals surface area contributed by atoms with Crippen molar-refractivity contribution in [2.45, 2.75) is 47.9 Å². The molecule has 6 nitrogen and oxygen atoms in total. The van der Waals surface area contributed by atoms with Gasteiger partial charge < -0.3 is 4.90 Å². The second-order valence-corrected chi connectivity index (χ2v) is 11.9. The van der Waals surface area contributed by atoms with Gasteiger partial charge in [0.2, 0.25) is 10.0 Å². The lowest BCUT2D eigenvalue weighted by atomic mass is 9.84. The normalized spacial score (nSPS) is 21.3. The molecule has 1 aliphatic heterocycles. The van der Waals surface area contributed by atoms with E-state index in [1.54, 1.807) is 18.3 Å². The highest BCUT2D eigenvalue weighted by molar-refractivity contribution is 7.89. The smallest absolute Gasteiger partial charge is 0.242 e. The fourth-order valence-electron chi connectivity index (χ4n) is 4.81. The number of anilines is 1. The highest BCUT2D eigenvalue weighted by Gasteiger charge is 2.26. The van der Waals surface area contributed by atoms with E-state index >= 15 is 0 Å². The number of hydrogen-bond acceptors (Lipinski definition) is 5. The second kappa shape index (κ2) is 14.2. The van der Waals surface area contributed by atoms with Crippen LogP contribution in [0.5, 0.6) is 0 Å². The van der Waals surface area contributed by atoms with Gasteiger partial charge in [0, 0.05) is 50.3 Å². The van der Waals surface area contributed by atoms with Crippen molar-refractivity contribution in [1.29, 1.82) is 0 Å². The molecule has 1 aromatic carbocycles. The number of aromatic nitrogens is 1. The lowest BCUT2D eigenvalue weighted by Gasteiger charge is -2.37. The van der Waals surface area contributed by atoms with Gasteiger partial charge in [-0.25, -0.2) is 13.1 Å². The van der Waals surface area contributed by atoms with Crippen molar-refractivity contribution in [2.24, 2.45) is 5.92 Å². The standard InChI is InChI=1S/C24H32Cl2N4O2S.2ClH/c25-24(26)20-3-1-4-22(17-20)30-15-13-29(14-16-30)12-10-19-6-8-21(9-7-19)28-33(31,32)23-5-2-11-27-18-23;;/h1-5,11,17-19,21,24,28H,6-10,12-16H2;2*1H. The summed E-state index contributed by atoms with van der Waals surface area (Å²) in [5.74, 6) is 0.670. The molecule has 2 aromatic rings. The van der Waals surface area contributed by atoms with Crippen LogP contribution in [0.3, 0.4) is 0 Å². The predicted octanol–water partition coefficient (Wildman–Crippen LogP) is 5.45. The van der Waals surface area contributed by atoms with Gasteiger partial charge in [0.25, 0.3) is 0 Å². The molecule has 4 rings (SSSR count). The minimum Gasteiger partial charge on any atom is -0.369 e. The van der Waals surface area contributed by atoms with Crippen LogP contribution in [-0.2, 0) is 10.0 Å². The summed E-state index contributed by atoms with van der Waals surface area (Å²) in [7, 11) is -3.48. The van der Waals surface area contributed by atoms with E-state index in [2.05, 4.69) is 31.6 Å². The number of nitrogens with zero attached hydrogens (tertiary/aromatic N) is 3. The zero-order valence-electron chi connectivity index (χ0n) is 19.6. The average Bonchev–Trinajstić information content (AvgIpc) is 2.84. The Morgan fingerprint density at radius 1 is 1.00 bits per heavy atom. The van der Waals surface area contributed by atoms with Gasteiger partial charge in [-0.1, -0.05) is 12.1 Å². The van der Waals surface area contributed by atoms with Crippen LogP contribution in [-0.4, -0.2) is 57.1 Å². The molecule has 0 atom stereocenters. The Bertz CT molecular complexity index is 998. The molecule has 2 heterocycles. The molecular formula is C24H34Cl4N4O2S. The Morgan fingerprint density at radius 2 is 1.71 bits per heavy atom. The van der Waals surface area contributed by atoms with Crippen molar-refractivity contribution in [3.05, 3.63) is 54.4 Å². The summed E-state index contributed by atoms with van der Waals surface area (Å²) in [6, 6.07) is 11.4. The number of rotatable bonds is 8. The quantitative estimate of drug-likeness (QED) is 0.419. The van der Waals surface area contributed by atoms with Gasteiger partial charge in [-0.2, -0.15) is 0 Å². The average molecular weight is 584 g/mol. The largest absolute Gasteiger partial charge is 0.369 e. The maximum Gasteiger partial charge on any atom is 0.242 e. The number of hydrogen-bond donors (Lipinski definition) is 1. The van der Waals surface area contributed by atoms with Crippen LogP contribution in [0.25, 0.3) is 0 Å². The lowest BCUT2D eigenvalue weighted by Crippen LogP contribution is -2.47. The van der Waals surface area contributed by atoms with Crippen LogP contribution in [0, 0.1) is 5.92 Å². The Kier molecular flexibility index (Phi) is 12.4. The Balaban J connectivity index is 0.00000216. The third-order valence-electron chi connectivity index (χ3n) is 6.83. The zero-order valence-corrected chi connectivity index (χ0v) is 23.5. The number of nitrogens with one attached hydrogen (secondary N) is 1. The maximum atomic E-state index is 12.5. The van der Waals surface area contributed by atoms with Crippen LogP contribution in [0.4, 0.5) is 5.69 Å². The minimum atomic E-state index is -3.48. The van der Waals surface area contributed by atoms with Crippen molar-refractivity contribution in [2.75, 3.05) is 37.6 Å². The first kappa shape index (κ1) is 30.4. The van der Waals surface area contributed by atoms with Gasteiger partial charge >= 0.3 is 0 Å². The van der Waals surface area contributed by atoms with Crippen molar-refractivity contribution in [3.8, 4) is 0 Å². The molecule has 0 unspecified atom stereocenters. The molecule has 1 saturated carbocycles. The molecule has 35 heavy (non-hydrogen) atoms. The summed E-state index contributed by atoms with van der Waals surface area (Å²) < 4.78 is 27.9. The van der Waals surface area contributed by atoms with Gasteiger partial charge in [0.15, 0.2) is 0 Å². The van der Waals surface area contributed by atoms with E-state index in [1.807, 2.05) is 12.1 Å². The first-order valence-corrected chi connectivity index (χ1v) is 14.0. The van der Waals surface area contributed by atoms with E-state index in [1.165, 1.54) is 18.3 Å². The summed E-state index contributed by atoms with van der Waals surface area (Å²) in [5, 5.41) is 0. The molecule has 2 fully saturated rings. The fraction of sp³-hybridized carbons (Fsp3) is 0.542. The summed E-state index contributed by atoms with van der Waals surface area (Å²) in [4.78, 5) is 8.61. The summed E-state index contributed by atoms with van der Waals surface area (Å²) >= 11 is 12.0. The molecule has 11 heteroatoms. The molecule has 1 aliphatic carbocycles. The Morgan fingerprint density at radius 3 is 2.34 bits per heavy atom. The lowest BCUT2D eigenvalue weighted by molar-refractivity contribution is 0.214. The molecule has 0 bridgehead atoms. The molecule has 1 saturated heterocycles. The summed E-state index contributed by atoms with van der Waals surface area (Å²) in [5.41, 5.74) is 2.13. The fourth-order valence-corrected chi connectivity index (χ4v) is 6.35. The monoisotopic (exact) mass is 582 g/mol. The van der Waals surface area contributed by atoms with Gasteiger partial charge in [0.1, 0.15) is 9.73 Å². The number of piperazine rings is 1. The molecule has 1 N–H and O–H groups in total. The third-order valence-corrected chi connectivity index (χ3v) is 8.84. The SMILES string of the molecule is Cl.Cl.O=S(=O)(NC1CCC(CCN2CCN(c3cccc(C(Cl)Cl)c3)CC2)CC1)c1cccnc1. The first-order valence-electron chi connectivity index (χ1n) is 11.7. The van der Waals surface area contributed by atoms with E-state index in [4.69, 9.17) is 23.2 Å². The highest BCUT2D eigenvalue weighted by atomic mass is 35.5. The van der Waals surface area contributed by atoms with Crippen LogP contribution in [0.2, 0.25) is 0 Å². The minimum absolute atomic E-state index is 0. The second-order valence-electron chi connectivity index (χ2n) is 9.04. The molecule has 0 radical (unpaired) electrons. The number of pyridine rings is 1. The van der Waals surface area contributed by atoms with Gasteiger partial charge in [0.05, 0.1) is 0 Å². The van der Waals surface area contributed by atoms with Gasteiger partial charge in [-0.05, 0) is 74.4 Å². The van der Waals surface area contributed by atoms with E-state index < -0.39 is 14.9 Å². The van der Waals surface area contributed by atoms with Crippen LogP contribution in [0.1, 0.15) is 42.5 Å². The van der Waals surface area contributed by atoms with E-state index in [9.17, 15) is 8.42 Å². The number of benzene rings is 1. The van der Waals surface area contributed by atoms with Crippen molar-refractivity contribution >= 4 is 63.7 Å². The maximum absolute atomic E-state index is 12.5. The van der Waals surface area contributed by atoms with E-state index in [-0.39, 0.29) is 35.8 Å². The highest BCUT2D eigenvalue weighted by Crippen LogP contribution is 2.30. The van der Waals surface area contributed by atoms with Crippen LogP contribution < -0.4 is 9.62 Å². The van der Waals surface area contributed by atoms with Crippen molar-refractivity contribution in [3.63, 3.8) is 0 Å².